The van der Waals surface area contributed by atoms with Gasteiger partial charge in [0.2, 0.25) is 5.91 Å². The molecular weight excluding hydrogens is 332 g/mol. The number of thioether (sulfide) groups is 1. The Morgan fingerprint density at radius 1 is 1.17 bits per heavy atom. The molecule has 0 fully saturated rings. The highest BCUT2D eigenvalue weighted by Crippen LogP contribution is 2.29. The van der Waals surface area contributed by atoms with Gasteiger partial charge in [0.1, 0.15) is 5.75 Å². The summed E-state index contributed by atoms with van der Waals surface area (Å²) in [7, 11) is 0. The fourth-order valence-electron chi connectivity index (χ4n) is 2.49. The Bertz CT molecular complexity index is 712. The average Bonchev–Trinajstić information content (AvgIpc) is 2.47. The molecule has 128 valence electrons. The van der Waals surface area contributed by atoms with Gasteiger partial charge in [0.05, 0.1) is 11.4 Å². The first kappa shape index (κ1) is 18.3. The largest absolute Gasteiger partial charge is 0.433 e. The van der Waals surface area contributed by atoms with E-state index < -0.39 is 6.61 Å². The molecule has 0 aliphatic rings. The van der Waals surface area contributed by atoms with Gasteiger partial charge < -0.3 is 10.1 Å². The Kier molecular flexibility index (Phi) is 6.20. The Hall–Kier alpha value is -2.08. The van der Waals surface area contributed by atoms with Crippen molar-refractivity contribution in [2.24, 2.45) is 0 Å². The quantitative estimate of drug-likeness (QED) is 0.749. The molecule has 0 radical (unpaired) electrons. The molecule has 24 heavy (non-hydrogen) atoms. The number of amides is 1. The SMILES string of the molecule is Cc1cc(C)c(SCC(=O)Nc2ccccc2OC(F)F)c(C)c1. The number of hydrogen-bond donors (Lipinski definition) is 1. The van der Waals surface area contributed by atoms with Gasteiger partial charge in [-0.15, -0.1) is 11.8 Å². The molecule has 0 saturated carbocycles. The molecule has 1 N–H and O–H groups in total. The third-order valence-electron chi connectivity index (χ3n) is 3.33. The summed E-state index contributed by atoms with van der Waals surface area (Å²) in [6.45, 7) is 3.11. The van der Waals surface area contributed by atoms with Crippen molar-refractivity contribution in [3.05, 3.63) is 53.1 Å². The Balaban J connectivity index is 2.02. The van der Waals surface area contributed by atoms with E-state index in [2.05, 4.69) is 22.2 Å². The average molecular weight is 351 g/mol. The molecule has 0 unspecified atom stereocenters. The fourth-order valence-corrected chi connectivity index (χ4v) is 3.41. The van der Waals surface area contributed by atoms with Crippen LogP contribution in [-0.2, 0) is 4.79 Å². The third kappa shape index (κ3) is 4.96. The molecule has 2 aromatic carbocycles. The smallest absolute Gasteiger partial charge is 0.387 e. The Labute approximate surface area is 144 Å². The normalized spacial score (nSPS) is 10.8. The van der Waals surface area contributed by atoms with E-state index in [0.717, 1.165) is 16.0 Å². The second-order valence-corrected chi connectivity index (χ2v) is 6.42. The van der Waals surface area contributed by atoms with Crippen LogP contribution in [0, 0.1) is 20.8 Å². The highest BCUT2D eigenvalue weighted by atomic mass is 32.2. The van der Waals surface area contributed by atoms with Crippen molar-refractivity contribution in [2.45, 2.75) is 32.3 Å². The first-order chi connectivity index (χ1) is 11.4. The highest BCUT2D eigenvalue weighted by molar-refractivity contribution is 8.00. The maximum Gasteiger partial charge on any atom is 0.387 e. The third-order valence-corrected chi connectivity index (χ3v) is 4.67. The van der Waals surface area contributed by atoms with Gasteiger partial charge in [-0.05, 0) is 44.0 Å². The number of halogens is 2. The number of carbonyl (C=O) groups is 1. The zero-order valence-corrected chi connectivity index (χ0v) is 14.5. The summed E-state index contributed by atoms with van der Waals surface area (Å²) in [5.74, 6) is -0.133. The number of anilines is 1. The van der Waals surface area contributed by atoms with Gasteiger partial charge in [0.25, 0.3) is 0 Å². The Morgan fingerprint density at radius 3 is 2.42 bits per heavy atom. The van der Waals surface area contributed by atoms with Gasteiger partial charge in [-0.25, -0.2) is 0 Å². The van der Waals surface area contributed by atoms with Crippen LogP contribution in [0.3, 0.4) is 0 Å². The molecule has 2 aromatic rings. The van der Waals surface area contributed by atoms with Crippen LogP contribution < -0.4 is 10.1 Å². The van der Waals surface area contributed by atoms with Crippen LogP contribution in [0.4, 0.5) is 14.5 Å². The number of nitrogens with one attached hydrogen (secondary N) is 1. The van der Waals surface area contributed by atoms with Crippen molar-refractivity contribution >= 4 is 23.4 Å². The number of rotatable bonds is 6. The predicted octanol–water partition coefficient (Wildman–Crippen LogP) is 4.94. The van der Waals surface area contributed by atoms with Crippen LogP contribution in [0.5, 0.6) is 5.75 Å². The minimum Gasteiger partial charge on any atom is -0.433 e. The van der Waals surface area contributed by atoms with E-state index in [4.69, 9.17) is 0 Å². The zero-order chi connectivity index (χ0) is 17.7. The summed E-state index contributed by atoms with van der Waals surface area (Å²) in [4.78, 5) is 13.2. The van der Waals surface area contributed by atoms with E-state index in [0.29, 0.717) is 0 Å². The number of ether oxygens (including phenoxy) is 1. The summed E-state index contributed by atoms with van der Waals surface area (Å²) in [5, 5.41) is 2.62. The van der Waals surface area contributed by atoms with E-state index in [-0.39, 0.29) is 23.1 Å². The van der Waals surface area contributed by atoms with Gasteiger partial charge in [-0.3, -0.25) is 4.79 Å². The highest BCUT2D eigenvalue weighted by Gasteiger charge is 2.13. The molecule has 0 aromatic heterocycles. The Morgan fingerprint density at radius 2 is 1.79 bits per heavy atom. The summed E-state index contributed by atoms with van der Waals surface area (Å²) in [5.41, 5.74) is 3.65. The van der Waals surface area contributed by atoms with Crippen LogP contribution in [-0.4, -0.2) is 18.3 Å². The van der Waals surface area contributed by atoms with Crippen molar-refractivity contribution < 1.29 is 18.3 Å². The second-order valence-electron chi connectivity index (χ2n) is 5.44. The molecule has 3 nitrogen and oxygen atoms in total. The van der Waals surface area contributed by atoms with Crippen LogP contribution in [0.1, 0.15) is 16.7 Å². The van der Waals surface area contributed by atoms with Gasteiger partial charge in [0, 0.05) is 4.90 Å². The summed E-state index contributed by atoms with van der Waals surface area (Å²) in [6, 6.07) is 10.3. The molecule has 0 atom stereocenters. The number of alkyl halides is 2. The van der Waals surface area contributed by atoms with Crippen molar-refractivity contribution in [3.8, 4) is 5.75 Å². The van der Waals surface area contributed by atoms with E-state index in [9.17, 15) is 13.6 Å². The van der Waals surface area contributed by atoms with E-state index in [1.165, 1.54) is 29.5 Å². The predicted molar refractivity (Wildman–Crippen MR) is 93.1 cm³/mol. The van der Waals surface area contributed by atoms with Gasteiger partial charge in [-0.1, -0.05) is 29.8 Å². The second kappa shape index (κ2) is 8.15. The lowest BCUT2D eigenvalue weighted by molar-refractivity contribution is -0.113. The topological polar surface area (TPSA) is 38.3 Å². The number of benzene rings is 2. The summed E-state index contributed by atoms with van der Waals surface area (Å²) >= 11 is 1.43. The maximum atomic E-state index is 12.4. The molecule has 1 amide bonds. The molecule has 0 saturated heterocycles. The van der Waals surface area contributed by atoms with Gasteiger partial charge >= 0.3 is 6.61 Å². The summed E-state index contributed by atoms with van der Waals surface area (Å²) in [6.07, 6.45) is 0. The number of aryl methyl sites for hydroxylation is 3. The number of carbonyl (C=O) groups excluding carboxylic acids is 1. The van der Waals surface area contributed by atoms with Gasteiger partial charge in [0.15, 0.2) is 0 Å². The first-order valence-corrected chi connectivity index (χ1v) is 8.39. The number of hydrogen-bond acceptors (Lipinski definition) is 3. The first-order valence-electron chi connectivity index (χ1n) is 7.41. The van der Waals surface area contributed by atoms with Crippen molar-refractivity contribution in [3.63, 3.8) is 0 Å². The molecule has 0 aliphatic carbocycles. The lowest BCUT2D eigenvalue weighted by atomic mass is 10.1. The van der Waals surface area contributed by atoms with Crippen molar-refractivity contribution in [1.29, 1.82) is 0 Å². The van der Waals surface area contributed by atoms with E-state index in [1.54, 1.807) is 12.1 Å². The molecule has 0 bridgehead atoms. The minimum absolute atomic E-state index is 0.0476. The van der Waals surface area contributed by atoms with E-state index in [1.807, 2.05) is 20.8 Å². The molecule has 0 heterocycles. The molecule has 0 spiro atoms. The molecular formula is C18H19F2NO2S. The van der Waals surface area contributed by atoms with Crippen LogP contribution in [0.25, 0.3) is 0 Å². The maximum absolute atomic E-state index is 12.4. The summed E-state index contributed by atoms with van der Waals surface area (Å²) < 4.78 is 29.2. The lowest BCUT2D eigenvalue weighted by Crippen LogP contribution is -2.15. The lowest BCUT2D eigenvalue weighted by Gasteiger charge is -2.13. The van der Waals surface area contributed by atoms with Crippen LogP contribution in [0.15, 0.2) is 41.3 Å². The van der Waals surface area contributed by atoms with Gasteiger partial charge in [-0.2, -0.15) is 8.78 Å². The minimum atomic E-state index is -2.93. The molecule has 6 heteroatoms. The molecule has 0 aliphatic heterocycles. The zero-order valence-electron chi connectivity index (χ0n) is 13.7. The van der Waals surface area contributed by atoms with E-state index >= 15 is 0 Å². The fraction of sp³-hybridized carbons (Fsp3) is 0.278. The van der Waals surface area contributed by atoms with Crippen molar-refractivity contribution in [2.75, 3.05) is 11.1 Å². The van der Waals surface area contributed by atoms with Crippen LogP contribution >= 0.6 is 11.8 Å². The standard InChI is InChI=1S/C18H19F2NO2S/c1-11-8-12(2)17(13(3)9-11)24-10-16(22)21-14-6-4-5-7-15(14)23-18(19)20/h4-9,18H,10H2,1-3H3,(H,21,22). The van der Waals surface area contributed by atoms with Crippen LogP contribution in [0.2, 0.25) is 0 Å². The number of para-hydroxylation sites is 2. The molecule has 2 rings (SSSR count). The van der Waals surface area contributed by atoms with Crippen molar-refractivity contribution in [1.82, 2.24) is 0 Å². The monoisotopic (exact) mass is 351 g/mol.